The van der Waals surface area contributed by atoms with Crippen LogP contribution >= 0.6 is 11.3 Å². The molecule has 0 unspecified atom stereocenters. The Balaban J connectivity index is 1.57. The van der Waals surface area contributed by atoms with Crippen LogP contribution < -0.4 is 9.80 Å². The highest BCUT2D eigenvalue weighted by atomic mass is 32.1. The van der Waals surface area contributed by atoms with Crippen molar-refractivity contribution in [2.45, 2.75) is 25.7 Å². The molecule has 2 aromatic heterocycles. The quantitative estimate of drug-likeness (QED) is 0.815. The van der Waals surface area contributed by atoms with Gasteiger partial charge in [-0.2, -0.15) is 0 Å². The number of piperazine rings is 1. The molecule has 0 spiro atoms. The Kier molecular flexibility index (Phi) is 5.02. The molecule has 1 aliphatic heterocycles. The van der Waals surface area contributed by atoms with Gasteiger partial charge in [0, 0.05) is 17.2 Å². The Bertz CT molecular complexity index is 785. The second-order valence-corrected chi connectivity index (χ2v) is 8.16. The molecule has 4 rings (SSSR count). The molecule has 0 bridgehead atoms. The van der Waals surface area contributed by atoms with E-state index in [-0.39, 0.29) is 18.3 Å². The van der Waals surface area contributed by atoms with Gasteiger partial charge in [-0.1, -0.05) is 6.07 Å². The van der Waals surface area contributed by atoms with Crippen molar-refractivity contribution in [3.63, 3.8) is 0 Å². The third-order valence-electron chi connectivity index (χ3n) is 5.47. The number of hydrogen-bond donors (Lipinski definition) is 2. The van der Waals surface area contributed by atoms with E-state index >= 15 is 0 Å². The molecule has 0 amide bonds. The SMILES string of the molecule is Cc1nc(N2CC[NH+](CCO)CC2)nc2c1C(=O)C[C@@H](c1cccs1)C2. The van der Waals surface area contributed by atoms with Gasteiger partial charge in [0.05, 0.1) is 49.7 Å². The van der Waals surface area contributed by atoms with Crippen LogP contribution in [-0.4, -0.2) is 60.2 Å². The zero-order valence-corrected chi connectivity index (χ0v) is 15.9. The smallest absolute Gasteiger partial charge is 0.226 e. The molecule has 2 N–H and O–H groups in total. The fourth-order valence-electron chi connectivity index (χ4n) is 4.06. The highest BCUT2D eigenvalue weighted by Crippen LogP contribution is 2.35. The summed E-state index contributed by atoms with van der Waals surface area (Å²) < 4.78 is 0. The lowest BCUT2D eigenvalue weighted by atomic mass is 9.84. The molecule has 6 nitrogen and oxygen atoms in total. The molecule has 0 aromatic carbocycles. The van der Waals surface area contributed by atoms with Crippen LogP contribution in [0.4, 0.5) is 5.95 Å². The Morgan fingerprint density at radius 2 is 2.12 bits per heavy atom. The van der Waals surface area contributed by atoms with Gasteiger partial charge in [-0.25, -0.2) is 9.97 Å². The van der Waals surface area contributed by atoms with Crippen molar-refractivity contribution >= 4 is 23.1 Å². The fourth-order valence-corrected chi connectivity index (χ4v) is 4.89. The van der Waals surface area contributed by atoms with Crippen LogP contribution in [0.2, 0.25) is 0 Å². The number of aliphatic hydroxyl groups excluding tert-OH is 1. The Hall–Kier alpha value is -1.83. The minimum absolute atomic E-state index is 0.172. The van der Waals surface area contributed by atoms with Crippen molar-refractivity contribution in [1.29, 1.82) is 0 Å². The van der Waals surface area contributed by atoms with Gasteiger partial charge in [0.2, 0.25) is 5.95 Å². The van der Waals surface area contributed by atoms with Gasteiger partial charge in [-0.05, 0) is 24.8 Å². The number of nitrogens with zero attached hydrogens (tertiary/aromatic N) is 3. The predicted molar refractivity (Wildman–Crippen MR) is 101 cm³/mol. The summed E-state index contributed by atoms with van der Waals surface area (Å²) in [7, 11) is 0. The van der Waals surface area contributed by atoms with Crippen molar-refractivity contribution in [3.8, 4) is 0 Å². The first-order valence-corrected chi connectivity index (χ1v) is 10.2. The van der Waals surface area contributed by atoms with Gasteiger partial charge in [0.15, 0.2) is 5.78 Å². The highest BCUT2D eigenvalue weighted by molar-refractivity contribution is 7.10. The van der Waals surface area contributed by atoms with Crippen LogP contribution in [-0.2, 0) is 6.42 Å². The minimum Gasteiger partial charge on any atom is -0.391 e. The maximum Gasteiger partial charge on any atom is 0.226 e. The number of Topliss-reactive ketones (excluding diaryl/α,β-unsaturated/α-hetero) is 1. The maximum absolute atomic E-state index is 12.7. The number of hydrogen-bond acceptors (Lipinski definition) is 6. The molecule has 3 heterocycles. The lowest BCUT2D eigenvalue weighted by Gasteiger charge is -2.33. The predicted octanol–water partition coefficient (Wildman–Crippen LogP) is 0.456. The first-order chi connectivity index (χ1) is 12.7. The van der Waals surface area contributed by atoms with Crippen LogP contribution in [0, 0.1) is 6.92 Å². The van der Waals surface area contributed by atoms with E-state index in [0.29, 0.717) is 6.42 Å². The van der Waals surface area contributed by atoms with Gasteiger partial charge in [0.25, 0.3) is 0 Å². The second-order valence-electron chi connectivity index (χ2n) is 7.19. The third-order valence-corrected chi connectivity index (χ3v) is 6.50. The fraction of sp³-hybridized carbons (Fsp3) is 0.526. The Morgan fingerprint density at radius 1 is 1.31 bits per heavy atom. The monoisotopic (exact) mass is 373 g/mol. The van der Waals surface area contributed by atoms with Gasteiger partial charge in [0.1, 0.15) is 6.54 Å². The number of fused-ring (bicyclic) bond motifs is 1. The van der Waals surface area contributed by atoms with E-state index < -0.39 is 0 Å². The third kappa shape index (κ3) is 3.39. The number of rotatable bonds is 4. The first-order valence-electron chi connectivity index (χ1n) is 9.29. The van der Waals surface area contributed by atoms with Crippen LogP contribution in [0.5, 0.6) is 0 Å². The van der Waals surface area contributed by atoms with E-state index in [1.165, 1.54) is 9.78 Å². The number of aliphatic hydroxyl groups is 1. The molecule has 138 valence electrons. The van der Waals surface area contributed by atoms with Gasteiger partial charge in [-0.15, -0.1) is 11.3 Å². The molecule has 1 fully saturated rings. The molecule has 1 saturated heterocycles. The Labute approximate surface area is 157 Å². The maximum atomic E-state index is 12.7. The topological polar surface area (TPSA) is 70.8 Å². The average Bonchev–Trinajstić information content (AvgIpc) is 3.16. The standard InChI is InChI=1S/C19H24N4O2S/c1-13-18-15(11-14(12-16(18)25)17-3-2-10-26-17)21-19(20-13)23-6-4-22(5-7-23)8-9-24/h2-3,10,14,24H,4-9,11-12H2,1H3/p+1/t14-/m0/s1. The summed E-state index contributed by atoms with van der Waals surface area (Å²) in [6.45, 7) is 6.70. The van der Waals surface area contributed by atoms with Crippen molar-refractivity contribution < 1.29 is 14.8 Å². The van der Waals surface area contributed by atoms with Crippen molar-refractivity contribution in [2.75, 3.05) is 44.2 Å². The molecule has 26 heavy (non-hydrogen) atoms. The van der Waals surface area contributed by atoms with Crippen molar-refractivity contribution in [1.82, 2.24) is 9.97 Å². The number of thiophene rings is 1. The molecule has 1 aliphatic carbocycles. The molecule has 0 saturated carbocycles. The number of ketones is 1. The first kappa shape index (κ1) is 17.6. The van der Waals surface area contributed by atoms with Gasteiger partial charge >= 0.3 is 0 Å². The second kappa shape index (κ2) is 7.42. The zero-order valence-electron chi connectivity index (χ0n) is 15.1. The molecule has 1 atom stereocenters. The van der Waals surface area contributed by atoms with Crippen LogP contribution in [0.15, 0.2) is 17.5 Å². The average molecular weight is 374 g/mol. The van der Waals surface area contributed by atoms with Crippen LogP contribution in [0.25, 0.3) is 0 Å². The lowest BCUT2D eigenvalue weighted by molar-refractivity contribution is -0.900. The zero-order chi connectivity index (χ0) is 18.1. The number of carbonyl (C=O) groups excluding carboxylic acids is 1. The van der Waals surface area contributed by atoms with E-state index in [1.807, 2.05) is 13.0 Å². The Morgan fingerprint density at radius 3 is 2.81 bits per heavy atom. The number of quaternary nitrogens is 1. The molecule has 2 aliphatic rings. The number of carbonyl (C=O) groups is 1. The van der Waals surface area contributed by atoms with E-state index in [9.17, 15) is 4.79 Å². The summed E-state index contributed by atoms with van der Waals surface area (Å²) >= 11 is 1.72. The summed E-state index contributed by atoms with van der Waals surface area (Å²) in [5.41, 5.74) is 2.46. The minimum atomic E-state index is 0.172. The molecule has 2 aromatic rings. The largest absolute Gasteiger partial charge is 0.391 e. The van der Waals surface area contributed by atoms with Crippen molar-refractivity contribution in [3.05, 3.63) is 39.3 Å². The van der Waals surface area contributed by atoms with E-state index in [0.717, 1.165) is 62.0 Å². The summed E-state index contributed by atoms with van der Waals surface area (Å²) in [6, 6.07) is 4.16. The van der Waals surface area contributed by atoms with Crippen molar-refractivity contribution in [2.24, 2.45) is 0 Å². The number of aryl methyl sites for hydroxylation is 1. The summed E-state index contributed by atoms with van der Waals surface area (Å²) in [6.07, 6.45) is 1.37. The summed E-state index contributed by atoms with van der Waals surface area (Å²) in [4.78, 5) is 27.1. The van der Waals surface area contributed by atoms with Gasteiger partial charge in [-0.3, -0.25) is 4.79 Å². The number of anilines is 1. The lowest BCUT2D eigenvalue weighted by Crippen LogP contribution is -3.15. The van der Waals surface area contributed by atoms with Crippen LogP contribution in [0.3, 0.4) is 0 Å². The van der Waals surface area contributed by atoms with Gasteiger partial charge < -0.3 is 14.9 Å². The molecular formula is C19H25N4O2S+. The number of nitrogens with one attached hydrogen (secondary N) is 1. The molecular weight excluding hydrogens is 348 g/mol. The van der Waals surface area contributed by atoms with E-state index in [2.05, 4.69) is 21.3 Å². The molecule has 0 radical (unpaired) electrons. The summed E-state index contributed by atoms with van der Waals surface area (Å²) in [5.74, 6) is 1.16. The van der Waals surface area contributed by atoms with E-state index in [1.54, 1.807) is 11.3 Å². The summed E-state index contributed by atoms with van der Waals surface area (Å²) in [5, 5.41) is 11.2. The normalized spacial score (nSPS) is 21.1. The number of aromatic nitrogens is 2. The molecule has 7 heteroatoms. The van der Waals surface area contributed by atoms with E-state index in [4.69, 9.17) is 10.1 Å². The highest BCUT2D eigenvalue weighted by Gasteiger charge is 2.31. The van der Waals surface area contributed by atoms with Crippen LogP contribution in [0.1, 0.15) is 39.0 Å².